The molecule has 2 heterocycles. The van der Waals surface area contributed by atoms with E-state index in [9.17, 15) is 9.90 Å². The number of carboxylic acids is 1. The molecule has 3 rings (SSSR count). The smallest absolute Gasteiger partial charge is 0.306 e. The van der Waals surface area contributed by atoms with E-state index < -0.39 is 5.97 Å². The van der Waals surface area contributed by atoms with Crippen LogP contribution in [-0.2, 0) is 4.79 Å². The lowest BCUT2D eigenvalue weighted by atomic mass is 9.80. The second-order valence-electron chi connectivity index (χ2n) is 5.03. The van der Waals surface area contributed by atoms with E-state index in [2.05, 4.69) is 10.1 Å². The Morgan fingerprint density at radius 1 is 1.32 bits per heavy atom. The van der Waals surface area contributed by atoms with Gasteiger partial charge in [0.1, 0.15) is 0 Å². The first kappa shape index (κ1) is 12.0. The number of aliphatic carboxylic acids is 1. The van der Waals surface area contributed by atoms with E-state index in [4.69, 9.17) is 5.11 Å². The average Bonchev–Trinajstić information content (AvgIpc) is 2.87. The molecular weight excluding hydrogens is 246 g/mol. The summed E-state index contributed by atoms with van der Waals surface area (Å²) in [6, 6.07) is 3.37. The first-order chi connectivity index (χ1) is 9.15. The zero-order chi connectivity index (χ0) is 13.4. The lowest BCUT2D eigenvalue weighted by molar-refractivity contribution is -0.142. The molecule has 1 fully saturated rings. The summed E-state index contributed by atoms with van der Waals surface area (Å²) >= 11 is 0. The van der Waals surface area contributed by atoms with E-state index in [1.165, 1.54) is 4.52 Å². The van der Waals surface area contributed by atoms with Crippen molar-refractivity contribution in [3.8, 4) is 5.88 Å². The fourth-order valence-electron chi connectivity index (χ4n) is 2.76. The minimum absolute atomic E-state index is 0.0744. The van der Waals surface area contributed by atoms with Crippen molar-refractivity contribution in [2.75, 3.05) is 0 Å². The van der Waals surface area contributed by atoms with Gasteiger partial charge >= 0.3 is 5.97 Å². The summed E-state index contributed by atoms with van der Waals surface area (Å²) < 4.78 is 1.38. The van der Waals surface area contributed by atoms with Gasteiger partial charge in [0.2, 0.25) is 5.88 Å². The van der Waals surface area contributed by atoms with Gasteiger partial charge < -0.3 is 10.2 Å². The van der Waals surface area contributed by atoms with Crippen molar-refractivity contribution in [2.24, 2.45) is 5.92 Å². The molecule has 0 spiro atoms. The molecule has 0 saturated heterocycles. The molecule has 2 N–H and O–H groups in total. The number of carboxylic acid groups (broad SMARTS) is 1. The van der Waals surface area contributed by atoms with E-state index >= 15 is 0 Å². The molecule has 6 nitrogen and oxygen atoms in total. The van der Waals surface area contributed by atoms with Crippen molar-refractivity contribution in [1.29, 1.82) is 0 Å². The molecule has 2 aromatic heterocycles. The first-order valence-electron chi connectivity index (χ1n) is 6.41. The maximum atomic E-state index is 10.9. The third-order valence-corrected chi connectivity index (χ3v) is 3.86. The number of carbonyl (C=O) groups is 1. The Bertz CT molecular complexity index is 615. The Balaban J connectivity index is 1.83. The molecule has 6 heteroatoms. The summed E-state index contributed by atoms with van der Waals surface area (Å²) in [5.41, 5.74) is 1.45. The Morgan fingerprint density at radius 2 is 2.05 bits per heavy atom. The number of aromatic nitrogens is 3. The Morgan fingerprint density at radius 3 is 2.74 bits per heavy atom. The lowest BCUT2D eigenvalue weighted by Crippen LogP contribution is -2.21. The molecule has 19 heavy (non-hydrogen) atoms. The summed E-state index contributed by atoms with van der Waals surface area (Å²) in [6.45, 7) is 0. The molecule has 0 aromatic carbocycles. The first-order valence-corrected chi connectivity index (χ1v) is 6.41. The van der Waals surface area contributed by atoms with Gasteiger partial charge in [0.15, 0.2) is 5.65 Å². The van der Waals surface area contributed by atoms with Gasteiger partial charge in [-0.25, -0.2) is 4.98 Å². The van der Waals surface area contributed by atoms with Crippen molar-refractivity contribution < 1.29 is 15.0 Å². The quantitative estimate of drug-likeness (QED) is 0.860. The number of nitrogens with zero attached hydrogens (tertiary/aromatic N) is 3. The Hall–Kier alpha value is -2.11. The SMILES string of the molecule is O=C(O)C1CCC(c2cc(O)n3nccc3n2)CC1. The highest BCUT2D eigenvalue weighted by molar-refractivity contribution is 5.70. The van der Waals surface area contributed by atoms with Crippen LogP contribution >= 0.6 is 0 Å². The molecule has 1 aliphatic carbocycles. The third kappa shape index (κ3) is 2.14. The number of fused-ring (bicyclic) bond motifs is 1. The predicted octanol–water partition coefficient (Wildman–Crippen LogP) is 1.79. The van der Waals surface area contributed by atoms with Crippen LogP contribution in [-0.4, -0.2) is 30.8 Å². The van der Waals surface area contributed by atoms with Crippen LogP contribution in [0.4, 0.5) is 0 Å². The van der Waals surface area contributed by atoms with Crippen LogP contribution in [0, 0.1) is 5.92 Å². The second kappa shape index (κ2) is 4.53. The minimum Gasteiger partial charge on any atom is -0.493 e. The zero-order valence-corrected chi connectivity index (χ0v) is 10.4. The van der Waals surface area contributed by atoms with Gasteiger partial charge in [-0.15, -0.1) is 0 Å². The fraction of sp³-hybridized carbons (Fsp3) is 0.462. The Labute approximate surface area is 109 Å². The molecule has 100 valence electrons. The lowest BCUT2D eigenvalue weighted by Gasteiger charge is -2.25. The van der Waals surface area contributed by atoms with Crippen molar-refractivity contribution in [3.63, 3.8) is 0 Å². The average molecular weight is 261 g/mol. The monoisotopic (exact) mass is 261 g/mol. The zero-order valence-electron chi connectivity index (χ0n) is 10.4. The van der Waals surface area contributed by atoms with Crippen LogP contribution < -0.4 is 0 Å². The summed E-state index contributed by atoms with van der Waals surface area (Å²) in [6.07, 6.45) is 4.54. The van der Waals surface area contributed by atoms with E-state index in [0.29, 0.717) is 18.5 Å². The highest BCUT2D eigenvalue weighted by Crippen LogP contribution is 2.36. The maximum absolute atomic E-state index is 10.9. The number of rotatable bonds is 2. The third-order valence-electron chi connectivity index (χ3n) is 3.86. The van der Waals surface area contributed by atoms with Gasteiger partial charge in [-0.2, -0.15) is 9.61 Å². The van der Waals surface area contributed by atoms with E-state index in [-0.39, 0.29) is 17.7 Å². The highest BCUT2D eigenvalue weighted by atomic mass is 16.4. The molecule has 0 radical (unpaired) electrons. The number of hydrogen-bond donors (Lipinski definition) is 2. The number of hydrogen-bond acceptors (Lipinski definition) is 4. The molecular formula is C13H15N3O3. The summed E-state index contributed by atoms with van der Waals surface area (Å²) in [7, 11) is 0. The molecule has 0 unspecified atom stereocenters. The summed E-state index contributed by atoms with van der Waals surface area (Å²) in [4.78, 5) is 15.4. The van der Waals surface area contributed by atoms with Crippen LogP contribution in [0.3, 0.4) is 0 Å². The summed E-state index contributed by atoms with van der Waals surface area (Å²) in [5.74, 6) is -0.643. The van der Waals surface area contributed by atoms with Crippen molar-refractivity contribution in [3.05, 3.63) is 24.0 Å². The van der Waals surface area contributed by atoms with E-state index in [1.807, 2.05) is 0 Å². The normalized spacial score (nSPS) is 23.6. The highest BCUT2D eigenvalue weighted by Gasteiger charge is 2.27. The Kier molecular flexibility index (Phi) is 2.85. The van der Waals surface area contributed by atoms with Crippen molar-refractivity contribution in [1.82, 2.24) is 14.6 Å². The molecule has 0 aliphatic heterocycles. The van der Waals surface area contributed by atoms with Gasteiger partial charge in [0.05, 0.1) is 17.8 Å². The second-order valence-corrected chi connectivity index (χ2v) is 5.03. The van der Waals surface area contributed by atoms with Crippen LogP contribution in [0.2, 0.25) is 0 Å². The van der Waals surface area contributed by atoms with Crippen LogP contribution in [0.1, 0.15) is 37.3 Å². The van der Waals surface area contributed by atoms with Crippen molar-refractivity contribution >= 4 is 11.6 Å². The molecule has 2 aromatic rings. The minimum atomic E-state index is -0.708. The molecule has 0 amide bonds. The van der Waals surface area contributed by atoms with E-state index in [1.54, 1.807) is 18.3 Å². The molecule has 0 atom stereocenters. The van der Waals surface area contributed by atoms with Crippen molar-refractivity contribution in [2.45, 2.75) is 31.6 Å². The van der Waals surface area contributed by atoms with Gasteiger partial charge in [-0.3, -0.25) is 4.79 Å². The van der Waals surface area contributed by atoms with Gasteiger partial charge in [0, 0.05) is 18.1 Å². The molecule has 1 saturated carbocycles. The van der Waals surface area contributed by atoms with Gasteiger partial charge in [-0.05, 0) is 25.7 Å². The largest absolute Gasteiger partial charge is 0.493 e. The van der Waals surface area contributed by atoms with E-state index in [0.717, 1.165) is 18.5 Å². The standard InChI is InChI=1S/C13H15N3O3/c17-12-7-10(15-11-5-6-14-16(11)12)8-1-3-9(4-2-8)13(18)19/h5-9,17H,1-4H2,(H,18,19). The topological polar surface area (TPSA) is 87.7 Å². The predicted molar refractivity (Wildman–Crippen MR) is 67.0 cm³/mol. The summed E-state index contributed by atoms with van der Waals surface area (Å²) in [5, 5.41) is 22.8. The molecule has 1 aliphatic rings. The van der Waals surface area contributed by atoms with Crippen LogP contribution in [0.15, 0.2) is 18.3 Å². The number of aromatic hydroxyl groups is 1. The van der Waals surface area contributed by atoms with Crippen LogP contribution in [0.5, 0.6) is 5.88 Å². The van der Waals surface area contributed by atoms with Crippen LogP contribution in [0.25, 0.3) is 5.65 Å². The maximum Gasteiger partial charge on any atom is 0.306 e. The van der Waals surface area contributed by atoms with Gasteiger partial charge in [-0.1, -0.05) is 0 Å². The molecule has 0 bridgehead atoms. The van der Waals surface area contributed by atoms with Gasteiger partial charge in [0.25, 0.3) is 0 Å². The fourth-order valence-corrected chi connectivity index (χ4v) is 2.76.